The zero-order valence-electron chi connectivity index (χ0n) is 9.75. The molecule has 1 aromatic heterocycles. The molecule has 18 heavy (non-hydrogen) atoms. The van der Waals surface area contributed by atoms with Crippen LogP contribution in [0.3, 0.4) is 0 Å². The smallest absolute Gasteiger partial charge is 0.267 e. The van der Waals surface area contributed by atoms with Crippen LogP contribution in [0.2, 0.25) is 10.0 Å². The second kappa shape index (κ2) is 5.26. The quantitative estimate of drug-likeness (QED) is 0.897. The molecule has 3 nitrogen and oxygen atoms in total. The number of hydrogen-bond donors (Lipinski definition) is 1. The maximum Gasteiger partial charge on any atom is 0.267 e. The second-order valence-electron chi connectivity index (χ2n) is 3.73. The topological polar surface area (TPSA) is 42.0 Å². The Morgan fingerprint density at radius 3 is 2.61 bits per heavy atom. The molecule has 0 atom stereocenters. The van der Waals surface area contributed by atoms with Crippen molar-refractivity contribution in [3.05, 3.63) is 43.8 Å². The SMILES string of the molecule is Cc1nc(C)c(C(=O)Nc2ccc(Cl)cc2Cl)s1. The van der Waals surface area contributed by atoms with E-state index in [0.29, 0.717) is 20.6 Å². The number of aryl methyl sites for hydroxylation is 2. The van der Waals surface area contributed by atoms with Crippen molar-refractivity contribution >= 4 is 46.1 Å². The van der Waals surface area contributed by atoms with E-state index in [2.05, 4.69) is 10.3 Å². The number of rotatable bonds is 2. The van der Waals surface area contributed by atoms with Crippen LogP contribution < -0.4 is 5.32 Å². The number of amides is 1. The third-order valence-corrected chi connectivity index (χ3v) is 3.91. The Bertz CT molecular complexity index is 610. The van der Waals surface area contributed by atoms with Crippen LogP contribution in [0, 0.1) is 13.8 Å². The minimum atomic E-state index is -0.206. The van der Waals surface area contributed by atoms with E-state index in [0.717, 1.165) is 10.7 Å². The Balaban J connectivity index is 2.24. The molecule has 0 bridgehead atoms. The molecule has 0 unspecified atom stereocenters. The van der Waals surface area contributed by atoms with Gasteiger partial charge in [0.25, 0.3) is 5.91 Å². The standard InChI is InChI=1S/C12H10Cl2N2OS/c1-6-11(18-7(2)15-6)12(17)16-10-4-3-8(13)5-9(10)14/h3-5H,1-2H3,(H,16,17). The maximum atomic E-state index is 12.1. The summed E-state index contributed by atoms with van der Waals surface area (Å²) in [5.74, 6) is -0.206. The lowest BCUT2D eigenvalue weighted by atomic mass is 10.3. The van der Waals surface area contributed by atoms with E-state index >= 15 is 0 Å². The highest BCUT2D eigenvalue weighted by molar-refractivity contribution is 7.13. The van der Waals surface area contributed by atoms with Crippen LogP contribution in [0.1, 0.15) is 20.4 Å². The van der Waals surface area contributed by atoms with Crippen molar-refractivity contribution in [2.24, 2.45) is 0 Å². The highest BCUT2D eigenvalue weighted by Crippen LogP contribution is 2.27. The third kappa shape index (κ3) is 2.83. The van der Waals surface area contributed by atoms with E-state index in [-0.39, 0.29) is 5.91 Å². The second-order valence-corrected chi connectivity index (χ2v) is 5.77. The minimum absolute atomic E-state index is 0.206. The lowest BCUT2D eigenvalue weighted by molar-refractivity contribution is 0.103. The molecule has 2 aromatic rings. The van der Waals surface area contributed by atoms with Gasteiger partial charge in [-0.15, -0.1) is 11.3 Å². The summed E-state index contributed by atoms with van der Waals surface area (Å²) in [5.41, 5.74) is 1.26. The summed E-state index contributed by atoms with van der Waals surface area (Å²) in [6.45, 7) is 3.67. The van der Waals surface area contributed by atoms with Gasteiger partial charge in [0.1, 0.15) is 4.88 Å². The van der Waals surface area contributed by atoms with Crippen LogP contribution in [-0.2, 0) is 0 Å². The molecule has 1 aromatic carbocycles. The van der Waals surface area contributed by atoms with Gasteiger partial charge in [0.2, 0.25) is 0 Å². The molecule has 0 aliphatic rings. The zero-order chi connectivity index (χ0) is 13.3. The molecular weight excluding hydrogens is 291 g/mol. The molecule has 0 aliphatic heterocycles. The van der Waals surface area contributed by atoms with E-state index < -0.39 is 0 Å². The first-order valence-electron chi connectivity index (χ1n) is 5.18. The monoisotopic (exact) mass is 300 g/mol. The van der Waals surface area contributed by atoms with Crippen LogP contribution in [0.15, 0.2) is 18.2 Å². The lowest BCUT2D eigenvalue weighted by Crippen LogP contribution is -2.11. The molecule has 0 spiro atoms. The number of nitrogens with one attached hydrogen (secondary N) is 1. The Labute approximate surface area is 119 Å². The van der Waals surface area contributed by atoms with Crippen LogP contribution in [0.5, 0.6) is 0 Å². The van der Waals surface area contributed by atoms with Crippen LogP contribution in [0.25, 0.3) is 0 Å². The summed E-state index contributed by atoms with van der Waals surface area (Å²) in [5, 5.41) is 4.55. The molecule has 0 saturated heterocycles. The number of nitrogens with zero attached hydrogens (tertiary/aromatic N) is 1. The fourth-order valence-corrected chi connectivity index (χ4v) is 2.78. The summed E-state index contributed by atoms with van der Waals surface area (Å²) >= 11 is 13.1. The number of benzene rings is 1. The molecule has 0 aliphatic carbocycles. The molecule has 0 fully saturated rings. The molecule has 2 rings (SSSR count). The van der Waals surface area contributed by atoms with Gasteiger partial charge in [0.05, 0.1) is 21.4 Å². The van der Waals surface area contributed by atoms with Gasteiger partial charge in [0, 0.05) is 5.02 Å². The van der Waals surface area contributed by atoms with Crippen molar-refractivity contribution in [2.45, 2.75) is 13.8 Å². The predicted octanol–water partition coefficient (Wildman–Crippen LogP) is 4.32. The Morgan fingerprint density at radius 2 is 2.06 bits per heavy atom. The van der Waals surface area contributed by atoms with Gasteiger partial charge >= 0.3 is 0 Å². The molecule has 0 saturated carbocycles. The molecule has 0 radical (unpaired) electrons. The Kier molecular flexibility index (Phi) is 3.90. The average Bonchev–Trinajstić information content (AvgIpc) is 2.62. The van der Waals surface area contributed by atoms with Gasteiger partial charge in [-0.2, -0.15) is 0 Å². The van der Waals surface area contributed by atoms with Crippen LogP contribution >= 0.6 is 34.5 Å². The van der Waals surface area contributed by atoms with E-state index in [1.807, 2.05) is 13.8 Å². The molecule has 6 heteroatoms. The van der Waals surface area contributed by atoms with Gasteiger partial charge in [-0.1, -0.05) is 23.2 Å². The normalized spacial score (nSPS) is 10.4. The van der Waals surface area contributed by atoms with Gasteiger partial charge in [-0.25, -0.2) is 4.98 Å². The van der Waals surface area contributed by atoms with Gasteiger partial charge in [-0.05, 0) is 32.0 Å². The number of thiazole rings is 1. The summed E-state index contributed by atoms with van der Waals surface area (Å²) in [6.07, 6.45) is 0. The summed E-state index contributed by atoms with van der Waals surface area (Å²) in [4.78, 5) is 16.9. The first kappa shape index (κ1) is 13.3. The highest BCUT2D eigenvalue weighted by Gasteiger charge is 2.15. The minimum Gasteiger partial charge on any atom is -0.320 e. The summed E-state index contributed by atoms with van der Waals surface area (Å²) in [6, 6.07) is 4.93. The molecule has 94 valence electrons. The molecule has 1 N–H and O–H groups in total. The van der Waals surface area contributed by atoms with Crippen LogP contribution in [-0.4, -0.2) is 10.9 Å². The van der Waals surface area contributed by atoms with Crippen molar-refractivity contribution < 1.29 is 4.79 Å². The van der Waals surface area contributed by atoms with E-state index in [1.54, 1.807) is 18.2 Å². The first-order chi connectivity index (χ1) is 8.47. The number of halogens is 2. The predicted molar refractivity (Wildman–Crippen MR) is 76.0 cm³/mol. The lowest BCUT2D eigenvalue weighted by Gasteiger charge is -2.06. The first-order valence-corrected chi connectivity index (χ1v) is 6.75. The van der Waals surface area contributed by atoms with Crippen molar-refractivity contribution in [1.82, 2.24) is 4.98 Å². The summed E-state index contributed by atoms with van der Waals surface area (Å²) in [7, 11) is 0. The van der Waals surface area contributed by atoms with Gasteiger partial charge in [-0.3, -0.25) is 4.79 Å². The van der Waals surface area contributed by atoms with Crippen LogP contribution in [0.4, 0.5) is 5.69 Å². The van der Waals surface area contributed by atoms with Crippen molar-refractivity contribution in [3.63, 3.8) is 0 Å². The fourth-order valence-electron chi connectivity index (χ4n) is 1.51. The zero-order valence-corrected chi connectivity index (χ0v) is 12.1. The average molecular weight is 301 g/mol. The maximum absolute atomic E-state index is 12.1. The summed E-state index contributed by atoms with van der Waals surface area (Å²) < 4.78 is 0. The third-order valence-electron chi connectivity index (χ3n) is 2.29. The molecule has 1 amide bonds. The highest BCUT2D eigenvalue weighted by atomic mass is 35.5. The number of aromatic nitrogens is 1. The van der Waals surface area contributed by atoms with Crippen molar-refractivity contribution in [2.75, 3.05) is 5.32 Å². The van der Waals surface area contributed by atoms with E-state index in [1.165, 1.54) is 11.3 Å². The van der Waals surface area contributed by atoms with Gasteiger partial charge in [0.15, 0.2) is 0 Å². The van der Waals surface area contributed by atoms with Crippen molar-refractivity contribution in [1.29, 1.82) is 0 Å². The number of anilines is 1. The largest absolute Gasteiger partial charge is 0.320 e. The van der Waals surface area contributed by atoms with E-state index in [4.69, 9.17) is 23.2 Å². The number of hydrogen-bond acceptors (Lipinski definition) is 3. The fraction of sp³-hybridized carbons (Fsp3) is 0.167. The Hall–Kier alpha value is -1.10. The van der Waals surface area contributed by atoms with Gasteiger partial charge < -0.3 is 5.32 Å². The Morgan fingerprint density at radius 1 is 1.33 bits per heavy atom. The number of carbonyl (C=O) groups excluding carboxylic acids is 1. The van der Waals surface area contributed by atoms with Crippen molar-refractivity contribution in [3.8, 4) is 0 Å². The molecule has 1 heterocycles. The number of carbonyl (C=O) groups is 1. The van der Waals surface area contributed by atoms with E-state index in [9.17, 15) is 4.79 Å². The molecular formula is C12H10Cl2N2OS.